The second-order valence-electron chi connectivity index (χ2n) is 4.05. The van der Waals surface area contributed by atoms with Crippen LogP contribution >= 0.6 is 0 Å². The summed E-state index contributed by atoms with van der Waals surface area (Å²) in [4.78, 5) is 15.6. The number of rotatable bonds is 4. The Labute approximate surface area is 115 Å². The molecular formula is C14H11N5O. The van der Waals surface area contributed by atoms with Gasteiger partial charge in [-0.1, -0.05) is 6.07 Å². The molecule has 1 aromatic heterocycles. The third kappa shape index (κ3) is 3.21. The quantitative estimate of drug-likeness (QED) is 0.909. The molecule has 0 saturated carbocycles. The first-order valence-corrected chi connectivity index (χ1v) is 5.94. The first-order valence-electron chi connectivity index (χ1n) is 5.94. The Balaban J connectivity index is 1.93. The summed E-state index contributed by atoms with van der Waals surface area (Å²) < 4.78 is 1.62. The van der Waals surface area contributed by atoms with Crippen LogP contribution in [0.3, 0.4) is 0 Å². The van der Waals surface area contributed by atoms with Crippen molar-refractivity contribution in [3.05, 3.63) is 48.0 Å². The van der Waals surface area contributed by atoms with Gasteiger partial charge in [0, 0.05) is 31.0 Å². The summed E-state index contributed by atoms with van der Waals surface area (Å²) in [5, 5.41) is 20.3. The lowest BCUT2D eigenvalue weighted by Gasteiger charge is -2.06. The third-order valence-corrected chi connectivity index (χ3v) is 2.67. The SMILES string of the molecule is N#Cc1cccc(NC(=O)CCn2ccnc2C#N)c1. The fourth-order valence-corrected chi connectivity index (χ4v) is 1.71. The number of imidazole rings is 1. The average molecular weight is 265 g/mol. The smallest absolute Gasteiger partial charge is 0.226 e. The molecule has 1 heterocycles. The van der Waals surface area contributed by atoms with E-state index >= 15 is 0 Å². The fourth-order valence-electron chi connectivity index (χ4n) is 1.71. The molecule has 0 radical (unpaired) electrons. The third-order valence-electron chi connectivity index (χ3n) is 2.67. The van der Waals surface area contributed by atoms with Gasteiger partial charge in [-0.15, -0.1) is 0 Å². The van der Waals surface area contributed by atoms with Gasteiger partial charge in [-0.2, -0.15) is 10.5 Å². The van der Waals surface area contributed by atoms with E-state index in [4.69, 9.17) is 10.5 Å². The van der Waals surface area contributed by atoms with Crippen molar-refractivity contribution in [2.75, 3.05) is 5.32 Å². The Morgan fingerprint density at radius 3 is 2.95 bits per heavy atom. The zero-order valence-corrected chi connectivity index (χ0v) is 10.6. The van der Waals surface area contributed by atoms with Crippen molar-refractivity contribution in [3.8, 4) is 12.1 Å². The number of carbonyl (C=O) groups is 1. The van der Waals surface area contributed by atoms with Gasteiger partial charge in [-0.05, 0) is 18.2 Å². The summed E-state index contributed by atoms with van der Waals surface area (Å²) in [5.74, 6) is 0.0990. The lowest BCUT2D eigenvalue weighted by molar-refractivity contribution is -0.116. The maximum atomic E-state index is 11.8. The van der Waals surface area contributed by atoms with Crippen LogP contribution in [0.2, 0.25) is 0 Å². The zero-order valence-electron chi connectivity index (χ0n) is 10.6. The molecule has 0 aliphatic rings. The van der Waals surface area contributed by atoms with Crippen LogP contribution in [0.5, 0.6) is 0 Å². The topological polar surface area (TPSA) is 94.5 Å². The second kappa shape index (κ2) is 6.17. The monoisotopic (exact) mass is 265 g/mol. The Kier molecular flexibility index (Phi) is 4.10. The van der Waals surface area contributed by atoms with E-state index in [1.807, 2.05) is 12.1 Å². The summed E-state index contributed by atoms with van der Waals surface area (Å²) >= 11 is 0. The first kappa shape index (κ1) is 13.3. The molecule has 98 valence electrons. The highest BCUT2D eigenvalue weighted by atomic mass is 16.1. The van der Waals surface area contributed by atoms with E-state index in [0.29, 0.717) is 17.8 Å². The van der Waals surface area contributed by atoms with Crippen molar-refractivity contribution in [2.45, 2.75) is 13.0 Å². The molecule has 0 aliphatic carbocycles. The molecular weight excluding hydrogens is 254 g/mol. The molecule has 0 atom stereocenters. The maximum Gasteiger partial charge on any atom is 0.226 e. The number of nitrogens with zero attached hydrogens (tertiary/aromatic N) is 4. The molecule has 6 heteroatoms. The first-order chi connectivity index (χ1) is 9.72. The number of nitrogens with one attached hydrogen (secondary N) is 1. The molecule has 1 amide bonds. The van der Waals surface area contributed by atoms with Crippen molar-refractivity contribution in [2.24, 2.45) is 0 Å². The van der Waals surface area contributed by atoms with Gasteiger partial charge in [0.1, 0.15) is 6.07 Å². The minimum Gasteiger partial charge on any atom is -0.326 e. The molecule has 0 saturated heterocycles. The number of benzene rings is 1. The van der Waals surface area contributed by atoms with Crippen LogP contribution in [0.1, 0.15) is 17.8 Å². The van der Waals surface area contributed by atoms with Crippen molar-refractivity contribution < 1.29 is 4.79 Å². The summed E-state index contributed by atoms with van der Waals surface area (Å²) in [6.07, 6.45) is 3.40. The van der Waals surface area contributed by atoms with Gasteiger partial charge in [0.25, 0.3) is 0 Å². The number of amides is 1. The normalized spacial score (nSPS) is 9.50. The van der Waals surface area contributed by atoms with E-state index in [1.54, 1.807) is 35.0 Å². The Bertz CT molecular complexity index is 705. The van der Waals surface area contributed by atoms with E-state index in [1.165, 1.54) is 6.20 Å². The van der Waals surface area contributed by atoms with Crippen LogP contribution in [0, 0.1) is 22.7 Å². The van der Waals surface area contributed by atoms with Crippen molar-refractivity contribution in [1.29, 1.82) is 10.5 Å². The van der Waals surface area contributed by atoms with Gasteiger partial charge in [0.05, 0.1) is 11.6 Å². The standard InChI is InChI=1S/C14H11N5O/c15-9-11-2-1-3-12(8-11)18-14(20)4-6-19-7-5-17-13(19)10-16/h1-3,5,7-8H,4,6H2,(H,18,20). The predicted molar refractivity (Wildman–Crippen MR) is 71.3 cm³/mol. The molecule has 1 aromatic carbocycles. The maximum absolute atomic E-state index is 11.8. The van der Waals surface area contributed by atoms with Gasteiger partial charge in [-0.25, -0.2) is 4.98 Å². The largest absolute Gasteiger partial charge is 0.326 e. The number of carbonyl (C=O) groups excluding carboxylic acids is 1. The molecule has 2 aromatic rings. The van der Waals surface area contributed by atoms with Gasteiger partial charge in [0.15, 0.2) is 0 Å². The summed E-state index contributed by atoms with van der Waals surface area (Å²) in [6, 6.07) is 10.7. The summed E-state index contributed by atoms with van der Waals surface area (Å²) in [7, 11) is 0. The van der Waals surface area contributed by atoms with E-state index in [-0.39, 0.29) is 18.2 Å². The van der Waals surface area contributed by atoms with Crippen LogP contribution in [0.25, 0.3) is 0 Å². The predicted octanol–water partition coefficient (Wildman–Crippen LogP) is 1.66. The Hall–Kier alpha value is -3.12. The van der Waals surface area contributed by atoms with E-state index in [0.717, 1.165) is 0 Å². The Morgan fingerprint density at radius 2 is 2.20 bits per heavy atom. The summed E-state index contributed by atoms with van der Waals surface area (Å²) in [5.41, 5.74) is 1.07. The van der Waals surface area contributed by atoms with Gasteiger partial charge < -0.3 is 9.88 Å². The molecule has 6 nitrogen and oxygen atoms in total. The van der Waals surface area contributed by atoms with Crippen LogP contribution in [0.15, 0.2) is 36.7 Å². The van der Waals surface area contributed by atoms with Gasteiger partial charge in [0.2, 0.25) is 11.7 Å². The van der Waals surface area contributed by atoms with Crippen LogP contribution in [-0.4, -0.2) is 15.5 Å². The highest BCUT2D eigenvalue weighted by Gasteiger charge is 2.06. The highest BCUT2D eigenvalue weighted by molar-refractivity contribution is 5.90. The van der Waals surface area contributed by atoms with Crippen LogP contribution < -0.4 is 5.32 Å². The number of aromatic nitrogens is 2. The van der Waals surface area contributed by atoms with E-state index in [2.05, 4.69) is 10.3 Å². The van der Waals surface area contributed by atoms with Crippen LogP contribution in [-0.2, 0) is 11.3 Å². The molecule has 0 unspecified atom stereocenters. The lowest BCUT2D eigenvalue weighted by Crippen LogP contribution is -2.14. The average Bonchev–Trinajstić information content (AvgIpc) is 2.93. The molecule has 0 bridgehead atoms. The second-order valence-corrected chi connectivity index (χ2v) is 4.05. The van der Waals surface area contributed by atoms with Crippen molar-refractivity contribution in [1.82, 2.24) is 9.55 Å². The van der Waals surface area contributed by atoms with Gasteiger partial charge >= 0.3 is 0 Å². The Morgan fingerprint density at radius 1 is 1.35 bits per heavy atom. The molecule has 2 rings (SSSR count). The molecule has 0 spiro atoms. The van der Waals surface area contributed by atoms with Crippen LogP contribution in [0.4, 0.5) is 5.69 Å². The highest BCUT2D eigenvalue weighted by Crippen LogP contribution is 2.10. The number of hydrogen-bond donors (Lipinski definition) is 1. The summed E-state index contributed by atoms with van der Waals surface area (Å²) in [6.45, 7) is 0.382. The number of nitriles is 2. The molecule has 0 fully saturated rings. The molecule has 1 N–H and O–H groups in total. The number of aryl methyl sites for hydroxylation is 1. The van der Waals surface area contributed by atoms with E-state index in [9.17, 15) is 4.79 Å². The van der Waals surface area contributed by atoms with Gasteiger partial charge in [-0.3, -0.25) is 4.79 Å². The lowest BCUT2D eigenvalue weighted by atomic mass is 10.2. The minimum atomic E-state index is -0.183. The molecule has 0 aliphatic heterocycles. The van der Waals surface area contributed by atoms with Crippen molar-refractivity contribution in [3.63, 3.8) is 0 Å². The number of hydrogen-bond acceptors (Lipinski definition) is 4. The number of anilines is 1. The molecule has 20 heavy (non-hydrogen) atoms. The van der Waals surface area contributed by atoms with E-state index < -0.39 is 0 Å². The fraction of sp³-hybridized carbons (Fsp3) is 0.143. The van der Waals surface area contributed by atoms with Crippen molar-refractivity contribution >= 4 is 11.6 Å². The minimum absolute atomic E-state index is 0.183. The zero-order chi connectivity index (χ0) is 14.4.